The number of carbonyl (C=O) groups excluding carboxylic acids is 1. The highest BCUT2D eigenvalue weighted by Gasteiger charge is 2.18. The van der Waals surface area contributed by atoms with Gasteiger partial charge in [-0.15, -0.1) is 11.3 Å². The first-order valence-corrected chi connectivity index (χ1v) is 7.61. The van der Waals surface area contributed by atoms with E-state index in [9.17, 15) is 18.0 Å². The third kappa shape index (κ3) is 3.13. The summed E-state index contributed by atoms with van der Waals surface area (Å²) in [5.41, 5.74) is 1.11. The van der Waals surface area contributed by atoms with Gasteiger partial charge in [-0.3, -0.25) is 9.78 Å². The van der Waals surface area contributed by atoms with Gasteiger partial charge in [0, 0.05) is 35.8 Å². The normalized spacial score (nSPS) is 10.7. The molecule has 0 fully saturated rings. The van der Waals surface area contributed by atoms with E-state index < -0.39 is 23.4 Å². The Labute approximate surface area is 139 Å². The number of hydrogen-bond acceptors (Lipinski definition) is 4. The number of nitrogens with one attached hydrogen (secondary N) is 1. The number of thiazole rings is 1. The van der Waals surface area contributed by atoms with E-state index in [2.05, 4.69) is 15.3 Å². The maximum atomic E-state index is 13.2. The van der Waals surface area contributed by atoms with Gasteiger partial charge in [-0.25, -0.2) is 18.2 Å². The summed E-state index contributed by atoms with van der Waals surface area (Å²) in [5.74, 6) is -4.90. The van der Waals surface area contributed by atoms with E-state index in [4.69, 9.17) is 0 Å². The molecule has 24 heavy (non-hydrogen) atoms. The number of amides is 1. The van der Waals surface area contributed by atoms with Crippen LogP contribution in [0.4, 0.5) is 18.9 Å². The smallest absolute Gasteiger partial charge is 0.267 e. The number of pyridine rings is 1. The summed E-state index contributed by atoms with van der Waals surface area (Å²) in [5, 5.41) is 2.97. The van der Waals surface area contributed by atoms with Crippen molar-refractivity contribution in [2.24, 2.45) is 0 Å². The number of rotatable bonds is 3. The zero-order valence-corrected chi connectivity index (χ0v) is 13.1. The molecular weight excluding hydrogens is 339 g/mol. The Hall–Kier alpha value is -2.74. The van der Waals surface area contributed by atoms with Gasteiger partial charge in [-0.2, -0.15) is 0 Å². The van der Waals surface area contributed by atoms with Crippen LogP contribution in [0.25, 0.3) is 10.6 Å². The molecule has 0 aliphatic carbocycles. The van der Waals surface area contributed by atoms with Gasteiger partial charge >= 0.3 is 0 Å². The van der Waals surface area contributed by atoms with Crippen molar-refractivity contribution in [3.05, 3.63) is 64.7 Å². The van der Waals surface area contributed by atoms with Gasteiger partial charge in [0.1, 0.15) is 9.88 Å². The van der Waals surface area contributed by atoms with E-state index in [1.165, 1.54) is 0 Å². The third-order valence-corrected chi connectivity index (χ3v) is 4.38. The summed E-state index contributed by atoms with van der Waals surface area (Å²) >= 11 is 1.14. The Balaban J connectivity index is 1.87. The Bertz CT molecular complexity index is 889. The molecular formula is C16H10F3N3OS. The fraction of sp³-hybridized carbons (Fsp3) is 0.0625. The average Bonchev–Trinajstić information content (AvgIpc) is 2.95. The highest BCUT2D eigenvalue weighted by molar-refractivity contribution is 7.17. The Morgan fingerprint density at radius 3 is 2.38 bits per heavy atom. The number of carbonyl (C=O) groups is 1. The van der Waals surface area contributed by atoms with Gasteiger partial charge in [-0.05, 0) is 19.1 Å². The first-order chi connectivity index (χ1) is 11.5. The van der Waals surface area contributed by atoms with Gasteiger partial charge in [0.05, 0.1) is 5.69 Å². The lowest BCUT2D eigenvalue weighted by molar-refractivity contribution is 0.102. The number of nitrogens with zero attached hydrogens (tertiary/aromatic N) is 2. The average molecular weight is 349 g/mol. The molecule has 0 bridgehead atoms. The zero-order chi connectivity index (χ0) is 17.3. The lowest BCUT2D eigenvalue weighted by Crippen LogP contribution is -2.12. The molecule has 3 rings (SSSR count). The van der Waals surface area contributed by atoms with Gasteiger partial charge in [0.2, 0.25) is 0 Å². The minimum Gasteiger partial charge on any atom is -0.321 e. The van der Waals surface area contributed by atoms with E-state index >= 15 is 0 Å². The van der Waals surface area contributed by atoms with E-state index in [0.29, 0.717) is 15.6 Å². The predicted octanol–water partition coefficient (Wildman–Crippen LogP) is 4.18. The number of anilines is 1. The van der Waals surface area contributed by atoms with Crippen molar-refractivity contribution < 1.29 is 18.0 Å². The zero-order valence-electron chi connectivity index (χ0n) is 12.3. The van der Waals surface area contributed by atoms with Crippen molar-refractivity contribution in [3.63, 3.8) is 0 Å². The first kappa shape index (κ1) is 16.1. The number of benzene rings is 1. The van der Waals surface area contributed by atoms with Gasteiger partial charge in [0.15, 0.2) is 17.5 Å². The summed E-state index contributed by atoms with van der Waals surface area (Å²) in [6.07, 6.45) is 3.21. The molecule has 4 nitrogen and oxygen atoms in total. The Morgan fingerprint density at radius 1 is 1.12 bits per heavy atom. The number of halogens is 3. The van der Waals surface area contributed by atoms with Gasteiger partial charge in [0.25, 0.3) is 5.91 Å². The summed E-state index contributed by atoms with van der Waals surface area (Å²) in [4.78, 5) is 20.8. The molecule has 0 unspecified atom stereocenters. The maximum absolute atomic E-state index is 13.2. The lowest BCUT2D eigenvalue weighted by atomic mass is 10.2. The van der Waals surface area contributed by atoms with Crippen molar-refractivity contribution in [1.29, 1.82) is 0 Å². The second-order valence-corrected chi connectivity index (χ2v) is 5.88. The van der Waals surface area contributed by atoms with Gasteiger partial charge in [-0.1, -0.05) is 0 Å². The molecule has 0 saturated heterocycles. The molecule has 1 N–H and O–H groups in total. The Kier molecular flexibility index (Phi) is 4.30. The fourth-order valence-corrected chi connectivity index (χ4v) is 3.01. The highest BCUT2D eigenvalue weighted by atomic mass is 32.1. The minimum absolute atomic E-state index is 0.172. The lowest BCUT2D eigenvalue weighted by Gasteiger charge is -2.05. The van der Waals surface area contributed by atoms with Crippen LogP contribution in [0, 0.1) is 24.4 Å². The largest absolute Gasteiger partial charge is 0.321 e. The van der Waals surface area contributed by atoms with Crippen molar-refractivity contribution in [2.75, 3.05) is 5.32 Å². The molecule has 2 aromatic heterocycles. The van der Waals surface area contributed by atoms with Crippen LogP contribution in [0.2, 0.25) is 0 Å². The SMILES string of the molecule is Cc1nc(-c2ccncc2)sc1C(=O)Nc1cc(F)c(F)c(F)c1. The third-order valence-electron chi connectivity index (χ3n) is 3.17. The Morgan fingerprint density at radius 2 is 1.75 bits per heavy atom. The summed E-state index contributed by atoms with van der Waals surface area (Å²) in [6.45, 7) is 1.65. The van der Waals surface area contributed by atoms with Crippen LogP contribution in [-0.2, 0) is 0 Å². The van der Waals surface area contributed by atoms with Crippen LogP contribution in [-0.4, -0.2) is 15.9 Å². The quantitative estimate of drug-likeness (QED) is 0.722. The van der Waals surface area contributed by atoms with Crippen molar-refractivity contribution in [3.8, 4) is 10.6 Å². The highest BCUT2D eigenvalue weighted by Crippen LogP contribution is 2.28. The molecule has 3 aromatic rings. The van der Waals surface area contributed by atoms with E-state index in [0.717, 1.165) is 29.0 Å². The predicted molar refractivity (Wildman–Crippen MR) is 84.4 cm³/mol. The minimum atomic E-state index is -1.58. The molecule has 0 atom stereocenters. The van der Waals surface area contributed by atoms with Crippen molar-refractivity contribution >= 4 is 22.9 Å². The topological polar surface area (TPSA) is 54.9 Å². The standard InChI is InChI=1S/C16H10F3N3OS/c1-8-14(24-16(21-8)9-2-4-20-5-3-9)15(23)22-10-6-11(17)13(19)12(18)7-10/h2-7H,1H3,(H,22,23). The van der Waals surface area contributed by atoms with E-state index in [1.54, 1.807) is 31.5 Å². The van der Waals surface area contributed by atoms with E-state index in [1.807, 2.05) is 0 Å². The van der Waals surface area contributed by atoms with Crippen LogP contribution in [0.15, 0.2) is 36.7 Å². The molecule has 8 heteroatoms. The first-order valence-electron chi connectivity index (χ1n) is 6.79. The molecule has 122 valence electrons. The molecule has 0 saturated carbocycles. The summed E-state index contributed by atoms with van der Waals surface area (Å²) in [7, 11) is 0. The molecule has 0 aliphatic heterocycles. The summed E-state index contributed by atoms with van der Waals surface area (Å²) in [6, 6.07) is 4.95. The van der Waals surface area contributed by atoms with Crippen LogP contribution < -0.4 is 5.32 Å². The molecule has 0 spiro atoms. The molecule has 1 aromatic carbocycles. The molecule has 0 aliphatic rings. The van der Waals surface area contributed by atoms with Gasteiger partial charge < -0.3 is 5.32 Å². The maximum Gasteiger partial charge on any atom is 0.267 e. The second kappa shape index (κ2) is 6.40. The molecule has 2 heterocycles. The summed E-state index contributed by atoms with van der Waals surface area (Å²) < 4.78 is 39.4. The van der Waals surface area contributed by atoms with Crippen LogP contribution >= 0.6 is 11.3 Å². The van der Waals surface area contributed by atoms with Crippen LogP contribution in [0.3, 0.4) is 0 Å². The number of aryl methyl sites for hydroxylation is 1. The number of hydrogen-bond donors (Lipinski definition) is 1. The van der Waals surface area contributed by atoms with Crippen molar-refractivity contribution in [2.45, 2.75) is 6.92 Å². The molecule has 1 amide bonds. The second-order valence-electron chi connectivity index (χ2n) is 4.88. The monoisotopic (exact) mass is 349 g/mol. The number of aromatic nitrogens is 2. The fourth-order valence-electron chi connectivity index (χ4n) is 2.04. The van der Waals surface area contributed by atoms with Crippen molar-refractivity contribution in [1.82, 2.24) is 9.97 Å². The molecule has 0 radical (unpaired) electrons. The van der Waals surface area contributed by atoms with Crippen LogP contribution in [0.5, 0.6) is 0 Å². The van der Waals surface area contributed by atoms with Crippen LogP contribution in [0.1, 0.15) is 15.4 Å². The van der Waals surface area contributed by atoms with E-state index in [-0.39, 0.29) is 5.69 Å².